The SMILES string of the molecule is CNC1CCCN(C(=O)c2ccc(S(=O)(=O)N3CC(C)CC(C)C3)cc2)C1.Cl. The number of likely N-dealkylation sites (N-methyl/N-ethyl adjacent to an activating group) is 1. The normalized spacial score (nSPS) is 26.5. The van der Waals surface area contributed by atoms with Crippen LogP contribution in [0.1, 0.15) is 43.5 Å². The Hall–Kier alpha value is -1.15. The van der Waals surface area contributed by atoms with Crippen molar-refractivity contribution in [3.63, 3.8) is 0 Å². The van der Waals surface area contributed by atoms with E-state index in [1.165, 1.54) is 0 Å². The van der Waals surface area contributed by atoms with Crippen LogP contribution in [0.3, 0.4) is 0 Å². The summed E-state index contributed by atoms with van der Waals surface area (Å²) in [5.41, 5.74) is 0.547. The molecule has 1 N–H and O–H groups in total. The van der Waals surface area contributed by atoms with Gasteiger partial charge in [0.1, 0.15) is 0 Å². The molecule has 8 heteroatoms. The van der Waals surface area contributed by atoms with Crippen molar-refractivity contribution in [2.75, 3.05) is 33.2 Å². The maximum atomic E-state index is 13.0. The molecule has 2 heterocycles. The average Bonchev–Trinajstić information content (AvgIpc) is 2.67. The first-order valence-corrected chi connectivity index (χ1v) is 11.3. The Morgan fingerprint density at radius 1 is 1.07 bits per heavy atom. The van der Waals surface area contributed by atoms with E-state index in [1.807, 2.05) is 11.9 Å². The van der Waals surface area contributed by atoms with E-state index in [4.69, 9.17) is 0 Å². The van der Waals surface area contributed by atoms with Crippen molar-refractivity contribution in [1.82, 2.24) is 14.5 Å². The molecule has 1 aromatic carbocycles. The fourth-order valence-electron chi connectivity index (χ4n) is 4.30. The zero-order chi connectivity index (χ0) is 19.6. The number of benzene rings is 1. The highest BCUT2D eigenvalue weighted by molar-refractivity contribution is 7.89. The first kappa shape index (κ1) is 23.1. The first-order valence-electron chi connectivity index (χ1n) is 9.88. The third-order valence-corrected chi connectivity index (χ3v) is 7.54. The molecular weight excluding hydrogens is 398 g/mol. The highest BCUT2D eigenvalue weighted by Crippen LogP contribution is 2.27. The van der Waals surface area contributed by atoms with Crippen LogP contribution in [0.4, 0.5) is 0 Å². The smallest absolute Gasteiger partial charge is 0.253 e. The van der Waals surface area contributed by atoms with Crippen LogP contribution >= 0.6 is 12.4 Å². The molecule has 2 saturated heterocycles. The van der Waals surface area contributed by atoms with Crippen LogP contribution in [-0.2, 0) is 10.0 Å². The molecule has 0 spiro atoms. The number of carbonyl (C=O) groups excluding carboxylic acids is 1. The van der Waals surface area contributed by atoms with Gasteiger partial charge < -0.3 is 10.2 Å². The van der Waals surface area contributed by atoms with E-state index in [2.05, 4.69) is 19.2 Å². The molecule has 2 aliphatic rings. The van der Waals surface area contributed by atoms with Gasteiger partial charge in [-0.2, -0.15) is 4.31 Å². The summed E-state index contributed by atoms with van der Waals surface area (Å²) in [6.07, 6.45) is 3.11. The highest BCUT2D eigenvalue weighted by Gasteiger charge is 2.32. The molecule has 3 unspecified atom stereocenters. The second-order valence-corrected chi connectivity index (χ2v) is 10.1. The van der Waals surface area contributed by atoms with Crippen molar-refractivity contribution in [3.05, 3.63) is 29.8 Å². The van der Waals surface area contributed by atoms with Crippen LogP contribution in [0.2, 0.25) is 0 Å². The van der Waals surface area contributed by atoms with Crippen molar-refractivity contribution in [1.29, 1.82) is 0 Å². The van der Waals surface area contributed by atoms with E-state index < -0.39 is 10.0 Å². The van der Waals surface area contributed by atoms with E-state index in [1.54, 1.807) is 28.6 Å². The van der Waals surface area contributed by atoms with E-state index in [9.17, 15) is 13.2 Å². The molecule has 6 nitrogen and oxygen atoms in total. The van der Waals surface area contributed by atoms with Gasteiger partial charge >= 0.3 is 0 Å². The molecule has 0 aliphatic carbocycles. The summed E-state index contributed by atoms with van der Waals surface area (Å²) in [7, 11) is -1.59. The number of hydrogen-bond donors (Lipinski definition) is 1. The van der Waals surface area contributed by atoms with Gasteiger partial charge in [0.2, 0.25) is 10.0 Å². The van der Waals surface area contributed by atoms with Crippen molar-refractivity contribution in [3.8, 4) is 0 Å². The van der Waals surface area contributed by atoms with Crippen LogP contribution in [-0.4, -0.2) is 62.8 Å². The summed E-state index contributed by atoms with van der Waals surface area (Å²) in [5.74, 6) is 0.700. The van der Waals surface area contributed by atoms with Crippen molar-refractivity contribution in [2.45, 2.75) is 44.0 Å². The van der Waals surface area contributed by atoms with Crippen LogP contribution in [0, 0.1) is 11.8 Å². The zero-order valence-electron chi connectivity index (χ0n) is 16.9. The predicted molar refractivity (Wildman–Crippen MR) is 113 cm³/mol. The molecule has 1 aromatic rings. The van der Waals surface area contributed by atoms with Gasteiger partial charge in [-0.25, -0.2) is 8.42 Å². The van der Waals surface area contributed by atoms with Crippen molar-refractivity contribution in [2.24, 2.45) is 11.8 Å². The Bertz CT molecular complexity index is 759. The summed E-state index contributed by atoms with van der Waals surface area (Å²) in [5, 5.41) is 3.23. The van der Waals surface area contributed by atoms with Crippen molar-refractivity contribution >= 4 is 28.3 Å². The summed E-state index contributed by atoms with van der Waals surface area (Å²) in [4.78, 5) is 14.9. The second-order valence-electron chi connectivity index (χ2n) is 8.17. The fourth-order valence-corrected chi connectivity index (χ4v) is 5.98. The lowest BCUT2D eigenvalue weighted by Gasteiger charge is -2.34. The Labute approximate surface area is 175 Å². The minimum absolute atomic E-state index is 0. The summed E-state index contributed by atoms with van der Waals surface area (Å²) in [6.45, 7) is 6.76. The Balaban J connectivity index is 0.00000280. The zero-order valence-corrected chi connectivity index (χ0v) is 18.6. The third-order valence-electron chi connectivity index (χ3n) is 5.69. The van der Waals surface area contributed by atoms with Gasteiger partial charge in [-0.1, -0.05) is 13.8 Å². The third kappa shape index (κ3) is 5.06. The maximum absolute atomic E-state index is 13.0. The second kappa shape index (κ2) is 9.57. The fraction of sp³-hybridized carbons (Fsp3) is 0.650. The molecular formula is C20H32ClN3O3S. The molecule has 0 saturated carbocycles. The molecule has 3 rings (SSSR count). The van der Waals surface area contributed by atoms with Crippen LogP contribution in [0.25, 0.3) is 0 Å². The number of piperidine rings is 2. The van der Waals surface area contributed by atoms with Gasteiger partial charge in [0.25, 0.3) is 5.91 Å². The molecule has 3 atom stereocenters. The van der Waals surface area contributed by atoms with E-state index in [0.717, 1.165) is 25.8 Å². The van der Waals surface area contributed by atoms with E-state index in [-0.39, 0.29) is 23.2 Å². The van der Waals surface area contributed by atoms with Crippen LogP contribution in [0.5, 0.6) is 0 Å². The molecule has 1 amide bonds. The number of nitrogens with one attached hydrogen (secondary N) is 1. The topological polar surface area (TPSA) is 69.7 Å². The predicted octanol–water partition coefficient (Wildman–Crippen LogP) is 2.60. The highest BCUT2D eigenvalue weighted by atomic mass is 35.5. The standard InChI is InChI=1S/C20H31N3O3S.ClH/c1-15-11-16(2)13-23(12-15)27(25,26)19-8-6-17(7-9-19)20(24)22-10-4-5-18(14-22)21-3;/h6-9,15-16,18,21H,4-5,10-14H2,1-3H3;1H. The number of rotatable bonds is 4. The minimum atomic E-state index is -3.51. The Morgan fingerprint density at radius 3 is 2.25 bits per heavy atom. The Morgan fingerprint density at radius 2 is 1.68 bits per heavy atom. The number of amides is 1. The molecule has 0 aromatic heterocycles. The lowest BCUT2D eigenvalue weighted by molar-refractivity contribution is 0.0698. The van der Waals surface area contributed by atoms with Crippen LogP contribution < -0.4 is 5.32 Å². The summed E-state index contributed by atoms with van der Waals surface area (Å²) in [6, 6.07) is 6.77. The maximum Gasteiger partial charge on any atom is 0.253 e. The van der Waals surface area contributed by atoms with Gasteiger partial charge in [-0.3, -0.25) is 4.79 Å². The quantitative estimate of drug-likeness (QED) is 0.798. The molecule has 0 radical (unpaired) electrons. The minimum Gasteiger partial charge on any atom is -0.337 e. The summed E-state index contributed by atoms with van der Waals surface area (Å²) >= 11 is 0. The van der Waals surface area contributed by atoms with Crippen LogP contribution in [0.15, 0.2) is 29.2 Å². The molecule has 158 valence electrons. The van der Waals surface area contributed by atoms with Gasteiger partial charge in [-0.15, -0.1) is 12.4 Å². The molecule has 28 heavy (non-hydrogen) atoms. The number of likely N-dealkylation sites (tertiary alicyclic amines) is 1. The number of carbonyl (C=O) groups is 1. The number of hydrogen-bond acceptors (Lipinski definition) is 4. The molecule has 0 bridgehead atoms. The van der Waals surface area contributed by atoms with Gasteiger partial charge in [0.15, 0.2) is 0 Å². The lowest BCUT2D eigenvalue weighted by atomic mass is 9.94. The van der Waals surface area contributed by atoms with Gasteiger partial charge in [0.05, 0.1) is 4.90 Å². The molecule has 2 fully saturated rings. The number of nitrogens with zero attached hydrogens (tertiary/aromatic N) is 2. The molecule has 2 aliphatic heterocycles. The lowest BCUT2D eigenvalue weighted by Crippen LogP contribution is -2.47. The average molecular weight is 430 g/mol. The number of halogens is 1. The Kier molecular flexibility index (Phi) is 7.90. The van der Waals surface area contributed by atoms with Crippen molar-refractivity contribution < 1.29 is 13.2 Å². The van der Waals surface area contributed by atoms with Gasteiger partial charge in [-0.05, 0) is 62.4 Å². The first-order chi connectivity index (χ1) is 12.8. The number of sulfonamides is 1. The monoisotopic (exact) mass is 429 g/mol. The van der Waals surface area contributed by atoms with Gasteiger partial charge in [0, 0.05) is 37.8 Å². The van der Waals surface area contributed by atoms with E-state index >= 15 is 0 Å². The largest absolute Gasteiger partial charge is 0.337 e. The summed E-state index contributed by atoms with van der Waals surface area (Å²) < 4.78 is 27.5. The van der Waals surface area contributed by atoms with E-state index in [0.29, 0.717) is 43.1 Å².